The molecule has 0 aromatic carbocycles. The molecule has 0 amide bonds. The lowest BCUT2D eigenvalue weighted by Crippen LogP contribution is -2.54. The molecule has 5 heteroatoms. The second-order valence-corrected chi connectivity index (χ2v) is 11.2. The van der Waals surface area contributed by atoms with E-state index in [4.69, 9.17) is 9.47 Å². The molecule has 5 nitrogen and oxygen atoms in total. The fourth-order valence-corrected chi connectivity index (χ4v) is 8.89. The Morgan fingerprint density at radius 1 is 1.00 bits per heavy atom. The minimum atomic E-state index is -0.186. The van der Waals surface area contributed by atoms with E-state index in [1.165, 1.54) is 26.4 Å². The maximum atomic E-state index is 12.7. The Morgan fingerprint density at radius 2 is 1.73 bits per heavy atom. The van der Waals surface area contributed by atoms with Gasteiger partial charge in [0, 0.05) is 12.3 Å². The van der Waals surface area contributed by atoms with Gasteiger partial charge >= 0.3 is 5.97 Å². The van der Waals surface area contributed by atoms with Gasteiger partial charge in [0.15, 0.2) is 0 Å². The molecule has 4 saturated carbocycles. The molecule has 0 saturated heterocycles. The lowest BCUT2D eigenvalue weighted by atomic mass is 9.44. The van der Waals surface area contributed by atoms with Gasteiger partial charge in [-0.3, -0.25) is 14.4 Å². The summed E-state index contributed by atoms with van der Waals surface area (Å²) in [5.74, 6) is 2.61. The molecule has 9 atom stereocenters. The van der Waals surface area contributed by atoms with Gasteiger partial charge in [0.2, 0.25) is 0 Å². The zero-order valence-electron chi connectivity index (χ0n) is 19.0. The summed E-state index contributed by atoms with van der Waals surface area (Å²) in [5, 5.41) is 0. The van der Waals surface area contributed by atoms with Crippen LogP contribution in [0.25, 0.3) is 0 Å². The average molecular weight is 419 g/mol. The highest BCUT2D eigenvalue weighted by Gasteiger charge is 2.63. The maximum absolute atomic E-state index is 12.7. The van der Waals surface area contributed by atoms with E-state index < -0.39 is 0 Å². The summed E-state index contributed by atoms with van der Waals surface area (Å²) in [4.78, 5) is 35.7. The Kier molecular flexibility index (Phi) is 5.78. The number of hydrogen-bond acceptors (Lipinski definition) is 5. The second-order valence-electron chi connectivity index (χ2n) is 11.2. The van der Waals surface area contributed by atoms with E-state index >= 15 is 0 Å². The van der Waals surface area contributed by atoms with Crippen molar-refractivity contribution in [2.24, 2.45) is 46.3 Å². The van der Waals surface area contributed by atoms with E-state index in [0.29, 0.717) is 42.0 Å². The van der Waals surface area contributed by atoms with E-state index in [1.54, 1.807) is 6.92 Å². The van der Waals surface area contributed by atoms with Crippen molar-refractivity contribution < 1.29 is 23.9 Å². The van der Waals surface area contributed by atoms with E-state index in [-0.39, 0.29) is 35.1 Å². The Balaban J connectivity index is 1.58. The Hall–Kier alpha value is -1.39. The molecule has 30 heavy (non-hydrogen) atoms. The van der Waals surface area contributed by atoms with Crippen LogP contribution in [0.3, 0.4) is 0 Å². The molecule has 168 valence electrons. The number of ketones is 1. The summed E-state index contributed by atoms with van der Waals surface area (Å²) in [5.41, 5.74) is 0.311. The number of hydrogen-bond donors (Lipinski definition) is 0. The van der Waals surface area contributed by atoms with Gasteiger partial charge in [-0.05, 0) is 98.7 Å². The highest BCUT2D eigenvalue weighted by Crippen LogP contribution is 2.68. The third kappa shape index (κ3) is 3.31. The highest BCUT2D eigenvalue weighted by molar-refractivity contribution is 5.81. The SMILES string of the molecule is COC(=O)C[C@@H]1C[C@H]2[C@@H]3CC[C@H]4C[C@H](OC=O)CC[C@]4(C)[C@H]3CC[C@]2(C)[C@H]1C(C)=O. The molecule has 0 spiro atoms. The van der Waals surface area contributed by atoms with Crippen molar-refractivity contribution in [2.45, 2.75) is 84.7 Å². The maximum Gasteiger partial charge on any atom is 0.305 e. The second kappa shape index (κ2) is 7.94. The van der Waals surface area contributed by atoms with Crippen molar-refractivity contribution in [1.82, 2.24) is 0 Å². The predicted octanol–water partition coefficient (Wildman–Crippen LogP) is 4.57. The Bertz CT molecular complexity index is 704. The van der Waals surface area contributed by atoms with Crippen molar-refractivity contribution >= 4 is 18.2 Å². The summed E-state index contributed by atoms with van der Waals surface area (Å²) >= 11 is 0. The van der Waals surface area contributed by atoms with Gasteiger partial charge < -0.3 is 9.47 Å². The minimum Gasteiger partial charge on any atom is -0.469 e. The molecule has 0 aliphatic heterocycles. The molecule has 4 aliphatic carbocycles. The van der Waals surface area contributed by atoms with Crippen LogP contribution >= 0.6 is 0 Å². The zero-order chi connectivity index (χ0) is 21.7. The molecule has 0 unspecified atom stereocenters. The van der Waals surface area contributed by atoms with Crippen LogP contribution < -0.4 is 0 Å². The molecule has 0 aromatic heterocycles. The minimum absolute atomic E-state index is 0.00666. The molecule has 0 aromatic rings. The monoisotopic (exact) mass is 418 g/mol. The van der Waals surface area contributed by atoms with Gasteiger partial charge in [0.1, 0.15) is 11.9 Å². The largest absolute Gasteiger partial charge is 0.469 e. The van der Waals surface area contributed by atoms with Gasteiger partial charge in [-0.1, -0.05) is 13.8 Å². The van der Waals surface area contributed by atoms with Gasteiger partial charge in [0.05, 0.1) is 7.11 Å². The summed E-state index contributed by atoms with van der Waals surface area (Å²) in [6.07, 6.45) is 9.19. The van der Waals surface area contributed by atoms with Crippen LogP contribution in [0.2, 0.25) is 0 Å². The van der Waals surface area contributed by atoms with Gasteiger partial charge in [0.25, 0.3) is 6.47 Å². The van der Waals surface area contributed by atoms with Crippen molar-refractivity contribution in [3.63, 3.8) is 0 Å². The number of ether oxygens (including phenoxy) is 2. The number of carbonyl (C=O) groups is 3. The van der Waals surface area contributed by atoms with Crippen LogP contribution in [0.1, 0.15) is 78.6 Å². The number of methoxy groups -OCH3 is 1. The smallest absolute Gasteiger partial charge is 0.305 e. The number of esters is 1. The summed E-state index contributed by atoms with van der Waals surface area (Å²) in [6, 6.07) is 0. The molecule has 0 bridgehead atoms. The lowest BCUT2D eigenvalue weighted by molar-refractivity contribution is -0.152. The van der Waals surface area contributed by atoms with Crippen LogP contribution in [-0.4, -0.2) is 31.4 Å². The molecule has 4 aliphatic rings. The average Bonchev–Trinajstić information content (AvgIpc) is 3.00. The van der Waals surface area contributed by atoms with Crippen molar-refractivity contribution in [3.8, 4) is 0 Å². The molecular weight excluding hydrogens is 380 g/mol. The highest BCUT2D eigenvalue weighted by atomic mass is 16.5. The van der Waals surface area contributed by atoms with Crippen LogP contribution in [0.15, 0.2) is 0 Å². The first-order chi connectivity index (χ1) is 14.2. The van der Waals surface area contributed by atoms with Crippen molar-refractivity contribution in [2.75, 3.05) is 7.11 Å². The first kappa shape index (κ1) is 21.8. The molecule has 0 heterocycles. The van der Waals surface area contributed by atoms with E-state index in [0.717, 1.165) is 32.1 Å². The van der Waals surface area contributed by atoms with Crippen molar-refractivity contribution in [1.29, 1.82) is 0 Å². The normalized spacial score (nSPS) is 47.4. The Morgan fingerprint density at radius 3 is 2.40 bits per heavy atom. The summed E-state index contributed by atoms with van der Waals surface area (Å²) < 4.78 is 10.3. The number of carbonyl (C=O) groups excluding carboxylic acids is 3. The van der Waals surface area contributed by atoms with Crippen LogP contribution in [-0.2, 0) is 23.9 Å². The molecule has 4 fully saturated rings. The standard InChI is InChI=1S/C25H38O5/c1-15(27)23-16(12-22(28)29-4)11-21-19-6-5-17-13-18(30-14-26)7-9-24(17,2)20(19)8-10-25(21,23)3/h14,16-21,23H,5-13H2,1-4H3/t16-,17-,18+,19+,20-,21-,23-,24-,25-/m0/s1. The number of fused-ring (bicyclic) bond motifs is 5. The topological polar surface area (TPSA) is 69.7 Å². The zero-order valence-corrected chi connectivity index (χ0v) is 19.0. The van der Waals surface area contributed by atoms with Crippen LogP contribution in [0.4, 0.5) is 0 Å². The summed E-state index contributed by atoms with van der Waals surface area (Å²) in [7, 11) is 1.44. The first-order valence-corrected chi connectivity index (χ1v) is 11.9. The third-order valence-electron chi connectivity index (χ3n) is 10.1. The van der Waals surface area contributed by atoms with E-state index in [2.05, 4.69) is 13.8 Å². The van der Waals surface area contributed by atoms with E-state index in [1.807, 2.05) is 0 Å². The Labute approximate surface area is 180 Å². The first-order valence-electron chi connectivity index (χ1n) is 11.9. The number of Topliss-reactive ketones (excluding diaryl/α,β-unsaturated/α-hetero) is 1. The van der Waals surface area contributed by atoms with Crippen LogP contribution in [0, 0.1) is 46.3 Å². The van der Waals surface area contributed by atoms with Gasteiger partial charge in [-0.25, -0.2) is 0 Å². The predicted molar refractivity (Wildman–Crippen MR) is 112 cm³/mol. The molecular formula is C25H38O5. The fraction of sp³-hybridized carbons (Fsp3) is 0.880. The lowest BCUT2D eigenvalue weighted by Gasteiger charge is -2.61. The fourth-order valence-electron chi connectivity index (χ4n) is 8.89. The third-order valence-corrected chi connectivity index (χ3v) is 10.1. The molecule has 4 rings (SSSR count). The number of rotatable bonds is 5. The van der Waals surface area contributed by atoms with Gasteiger partial charge in [-0.15, -0.1) is 0 Å². The van der Waals surface area contributed by atoms with Gasteiger partial charge in [-0.2, -0.15) is 0 Å². The van der Waals surface area contributed by atoms with Crippen LogP contribution in [0.5, 0.6) is 0 Å². The van der Waals surface area contributed by atoms with E-state index in [9.17, 15) is 14.4 Å². The summed E-state index contributed by atoms with van der Waals surface area (Å²) in [6.45, 7) is 7.16. The molecule has 0 N–H and O–H groups in total. The quantitative estimate of drug-likeness (QED) is 0.483. The van der Waals surface area contributed by atoms with Crippen molar-refractivity contribution in [3.05, 3.63) is 0 Å². The molecule has 0 radical (unpaired) electrons.